The molecular formula is C5H8N2O3S2. The Morgan fingerprint density at radius 1 is 1.75 bits per heavy atom. The maximum atomic E-state index is 10.7. The van der Waals surface area contributed by atoms with Crippen LogP contribution in [0, 0.1) is 0 Å². The van der Waals surface area contributed by atoms with Crippen LogP contribution in [0.5, 0.6) is 0 Å². The summed E-state index contributed by atoms with van der Waals surface area (Å²) in [5.41, 5.74) is 0. The zero-order chi connectivity index (χ0) is 9.35. The second-order valence-electron chi connectivity index (χ2n) is 2.30. The molecule has 0 aromatic carbocycles. The average molecular weight is 208 g/mol. The predicted octanol–water partition coefficient (Wildman–Crippen LogP) is -0.718. The normalized spacial score (nSPS) is 14.7. The number of thiazole rings is 1. The molecule has 7 heteroatoms. The van der Waals surface area contributed by atoms with Crippen LogP contribution >= 0.6 is 11.3 Å². The van der Waals surface area contributed by atoms with Crippen LogP contribution in [0.25, 0.3) is 0 Å². The number of aliphatic hydroxyl groups is 2. The zero-order valence-electron chi connectivity index (χ0n) is 6.22. The Labute approximate surface area is 75.5 Å². The van der Waals surface area contributed by atoms with Gasteiger partial charge in [-0.15, -0.1) is 11.3 Å². The number of hydrogen-bond acceptors (Lipinski definition) is 5. The van der Waals surface area contributed by atoms with Crippen molar-refractivity contribution >= 4 is 22.3 Å². The van der Waals surface area contributed by atoms with E-state index in [1.807, 2.05) is 0 Å². The fraction of sp³-hybridized carbons (Fsp3) is 0.400. The lowest BCUT2D eigenvalue weighted by molar-refractivity contribution is -0.152. The lowest BCUT2D eigenvalue weighted by Gasteiger charge is -2.10. The van der Waals surface area contributed by atoms with Gasteiger partial charge in [-0.3, -0.25) is 0 Å². The molecule has 1 aromatic heterocycles. The van der Waals surface area contributed by atoms with Gasteiger partial charge in [-0.25, -0.2) is 14.3 Å². The van der Waals surface area contributed by atoms with Crippen LogP contribution in [0.15, 0.2) is 10.4 Å². The van der Waals surface area contributed by atoms with Crippen molar-refractivity contribution in [2.24, 2.45) is 5.14 Å². The molecule has 68 valence electrons. The molecule has 0 bridgehead atoms. The van der Waals surface area contributed by atoms with Gasteiger partial charge < -0.3 is 10.2 Å². The number of nitrogens with zero attached hydrogens (tertiary/aromatic N) is 1. The quantitative estimate of drug-likeness (QED) is 0.559. The van der Waals surface area contributed by atoms with Gasteiger partial charge in [0.15, 0.2) is 5.01 Å². The maximum Gasteiger partial charge on any atom is 0.214 e. The van der Waals surface area contributed by atoms with Crippen molar-refractivity contribution in [1.29, 1.82) is 0 Å². The second kappa shape index (κ2) is 3.19. The van der Waals surface area contributed by atoms with Crippen molar-refractivity contribution in [1.82, 2.24) is 4.98 Å². The smallest absolute Gasteiger partial charge is 0.214 e. The van der Waals surface area contributed by atoms with Gasteiger partial charge >= 0.3 is 0 Å². The van der Waals surface area contributed by atoms with E-state index in [1.165, 1.54) is 13.1 Å². The van der Waals surface area contributed by atoms with Crippen LogP contribution in [0.3, 0.4) is 0 Å². The van der Waals surface area contributed by atoms with Gasteiger partial charge in [0.05, 0.1) is 6.20 Å². The van der Waals surface area contributed by atoms with Crippen molar-refractivity contribution < 1.29 is 14.4 Å². The molecule has 5 nitrogen and oxygen atoms in total. The minimum Gasteiger partial charge on any atom is -0.360 e. The fourth-order valence-electron chi connectivity index (χ4n) is 0.571. The summed E-state index contributed by atoms with van der Waals surface area (Å²) in [5.74, 6) is -1.98. The molecule has 12 heavy (non-hydrogen) atoms. The third-order valence-corrected chi connectivity index (χ3v) is 3.32. The molecule has 1 unspecified atom stereocenters. The minimum absolute atomic E-state index is 0.0799. The third kappa shape index (κ3) is 2.08. The number of nitrogens with two attached hydrogens (primary N) is 1. The van der Waals surface area contributed by atoms with Crippen LogP contribution in [0.2, 0.25) is 0 Å². The van der Waals surface area contributed by atoms with E-state index in [1.54, 1.807) is 0 Å². The molecule has 0 aliphatic heterocycles. The van der Waals surface area contributed by atoms with Crippen molar-refractivity contribution in [3.63, 3.8) is 0 Å². The first-order valence-corrected chi connectivity index (χ1v) is 5.01. The van der Waals surface area contributed by atoms with E-state index in [9.17, 15) is 4.21 Å². The molecule has 4 N–H and O–H groups in total. The summed E-state index contributed by atoms with van der Waals surface area (Å²) in [5, 5.41) is 23.2. The van der Waals surface area contributed by atoms with Crippen molar-refractivity contribution in [2.75, 3.05) is 0 Å². The molecule has 0 spiro atoms. The van der Waals surface area contributed by atoms with Gasteiger partial charge in [-0.1, -0.05) is 0 Å². The van der Waals surface area contributed by atoms with Gasteiger partial charge in [0.25, 0.3) is 0 Å². The summed E-state index contributed by atoms with van der Waals surface area (Å²) in [7, 11) is -1.61. The van der Waals surface area contributed by atoms with E-state index in [0.717, 1.165) is 11.3 Å². The highest BCUT2D eigenvalue weighted by Crippen LogP contribution is 2.23. The Morgan fingerprint density at radius 2 is 2.33 bits per heavy atom. The lowest BCUT2D eigenvalue weighted by atomic mass is 10.4. The molecule has 1 heterocycles. The molecule has 0 radical (unpaired) electrons. The molecule has 0 saturated heterocycles. The molecular weight excluding hydrogens is 200 g/mol. The number of rotatable bonds is 2. The van der Waals surface area contributed by atoms with Gasteiger partial charge in [-0.05, 0) is 6.92 Å². The van der Waals surface area contributed by atoms with Crippen LogP contribution in [-0.2, 0) is 16.8 Å². The molecule has 0 aliphatic rings. The predicted molar refractivity (Wildman–Crippen MR) is 44.5 cm³/mol. The first-order chi connectivity index (χ1) is 5.41. The monoisotopic (exact) mass is 208 g/mol. The summed E-state index contributed by atoms with van der Waals surface area (Å²) in [6, 6.07) is 0. The van der Waals surface area contributed by atoms with E-state index in [0.29, 0.717) is 4.21 Å². The zero-order valence-corrected chi connectivity index (χ0v) is 7.85. The molecule has 1 rings (SSSR count). The second-order valence-corrected chi connectivity index (χ2v) is 4.63. The molecule has 0 fully saturated rings. The Balaban J connectivity index is 3.00. The summed E-state index contributed by atoms with van der Waals surface area (Å²) in [6.45, 7) is 1.18. The van der Waals surface area contributed by atoms with E-state index in [2.05, 4.69) is 4.98 Å². The lowest BCUT2D eigenvalue weighted by Crippen LogP contribution is -2.18. The summed E-state index contributed by atoms with van der Waals surface area (Å²) < 4.78 is 11.0. The van der Waals surface area contributed by atoms with Crippen LogP contribution in [0.4, 0.5) is 0 Å². The Bertz CT molecular complexity index is 304. The van der Waals surface area contributed by atoms with Crippen LogP contribution in [0.1, 0.15) is 11.9 Å². The molecule has 0 saturated carbocycles. The molecule has 1 aromatic rings. The van der Waals surface area contributed by atoms with Crippen molar-refractivity contribution in [2.45, 2.75) is 16.9 Å². The Morgan fingerprint density at radius 3 is 2.58 bits per heavy atom. The number of hydrogen-bond donors (Lipinski definition) is 3. The SMILES string of the molecule is CC(O)(O)c1ncc(S(N)=O)s1. The van der Waals surface area contributed by atoms with Crippen molar-refractivity contribution in [3.8, 4) is 0 Å². The third-order valence-electron chi connectivity index (χ3n) is 1.09. The summed E-state index contributed by atoms with van der Waals surface area (Å²) >= 11 is 0.912. The van der Waals surface area contributed by atoms with E-state index >= 15 is 0 Å². The van der Waals surface area contributed by atoms with Gasteiger partial charge in [-0.2, -0.15) is 0 Å². The van der Waals surface area contributed by atoms with Crippen LogP contribution < -0.4 is 5.14 Å². The Kier molecular flexibility index (Phi) is 2.59. The van der Waals surface area contributed by atoms with Gasteiger partial charge in [0.1, 0.15) is 15.2 Å². The van der Waals surface area contributed by atoms with E-state index < -0.39 is 16.8 Å². The highest BCUT2D eigenvalue weighted by atomic mass is 32.2. The van der Waals surface area contributed by atoms with Crippen molar-refractivity contribution in [3.05, 3.63) is 11.2 Å². The summed E-state index contributed by atoms with van der Waals surface area (Å²) in [4.78, 5) is 3.65. The highest BCUT2D eigenvalue weighted by molar-refractivity contribution is 7.85. The fourth-order valence-corrected chi connectivity index (χ4v) is 1.89. The topological polar surface area (TPSA) is 96.4 Å². The Hall–Kier alpha value is -0.340. The molecule has 0 aliphatic carbocycles. The molecule has 1 atom stereocenters. The maximum absolute atomic E-state index is 10.7. The van der Waals surface area contributed by atoms with Gasteiger partial charge in [0, 0.05) is 0 Å². The van der Waals surface area contributed by atoms with Crippen LogP contribution in [-0.4, -0.2) is 19.4 Å². The van der Waals surface area contributed by atoms with Gasteiger partial charge in [0.2, 0.25) is 5.79 Å². The minimum atomic E-state index is -1.98. The number of aromatic nitrogens is 1. The summed E-state index contributed by atoms with van der Waals surface area (Å²) in [6.07, 6.45) is 1.26. The standard InChI is InChI=1S/C5H8N2O3S2/c1-5(8,9)4-7-2-3(11-4)12(6)10/h2,8-9H,6H2,1H3. The first-order valence-electron chi connectivity index (χ1n) is 2.98. The van der Waals surface area contributed by atoms with E-state index in [4.69, 9.17) is 15.4 Å². The first kappa shape index (κ1) is 9.75. The average Bonchev–Trinajstić information content (AvgIpc) is 2.30. The molecule has 0 amide bonds. The highest BCUT2D eigenvalue weighted by Gasteiger charge is 2.23. The largest absolute Gasteiger partial charge is 0.360 e. The van der Waals surface area contributed by atoms with E-state index in [-0.39, 0.29) is 5.01 Å².